The standard InChI is InChI=1S/C24H24ClNO10S2/c1-11(27)32-10-17-19(33-12(2)28)20(34-13(3)29)21(35-14(4)30)23(36-17)26-22(31)18(38-24(26)37)9-15-5-7-16(25)8-6-15/h5-9,17,19-21,23H,10H2,1-4H3/b18-9-/t17-,19+,20+,21+,23-/m1/s1. The SMILES string of the molecule is CC(=O)OC[C@H]1O[C@@H](N2C(=O)/C(=C/c3ccc(Cl)cc3)SC2=S)[C@@H](OC(C)=O)[C@@H](OC(C)=O)[C@H]1OC(C)=O. The third-order valence-corrected chi connectivity index (χ3v) is 6.79. The maximum atomic E-state index is 13.5. The van der Waals surface area contributed by atoms with Crippen LogP contribution in [-0.4, -0.2) is 76.3 Å². The van der Waals surface area contributed by atoms with E-state index in [4.69, 9.17) is 47.5 Å². The van der Waals surface area contributed by atoms with Crippen molar-refractivity contribution in [3.8, 4) is 0 Å². The number of benzene rings is 1. The van der Waals surface area contributed by atoms with Crippen LogP contribution in [0.4, 0.5) is 0 Å². The zero-order chi connectivity index (χ0) is 28.1. The van der Waals surface area contributed by atoms with Gasteiger partial charge >= 0.3 is 23.9 Å². The number of carbonyl (C=O) groups is 5. The number of rotatable bonds is 7. The number of carbonyl (C=O) groups excluding carboxylic acids is 5. The molecule has 0 aromatic heterocycles. The molecular formula is C24H24ClNO10S2. The quantitative estimate of drug-likeness (QED) is 0.201. The third-order valence-electron chi connectivity index (χ3n) is 5.21. The van der Waals surface area contributed by atoms with Crippen LogP contribution in [0.2, 0.25) is 5.02 Å². The summed E-state index contributed by atoms with van der Waals surface area (Å²) in [6.45, 7) is 4.07. The Balaban J connectivity index is 2.04. The molecule has 5 atom stereocenters. The van der Waals surface area contributed by atoms with Crippen molar-refractivity contribution in [2.75, 3.05) is 6.61 Å². The van der Waals surface area contributed by atoms with Gasteiger partial charge in [-0.25, -0.2) is 0 Å². The Morgan fingerprint density at radius 1 is 0.947 bits per heavy atom. The van der Waals surface area contributed by atoms with E-state index >= 15 is 0 Å². The van der Waals surface area contributed by atoms with Crippen molar-refractivity contribution < 1.29 is 47.7 Å². The smallest absolute Gasteiger partial charge is 0.303 e. The summed E-state index contributed by atoms with van der Waals surface area (Å²) in [7, 11) is 0. The molecule has 11 nitrogen and oxygen atoms in total. The van der Waals surface area contributed by atoms with Gasteiger partial charge < -0.3 is 23.7 Å². The first-order valence-corrected chi connectivity index (χ1v) is 12.8. The lowest BCUT2D eigenvalue weighted by atomic mass is 9.96. The van der Waals surface area contributed by atoms with Gasteiger partial charge in [0.1, 0.15) is 12.7 Å². The van der Waals surface area contributed by atoms with E-state index in [2.05, 4.69) is 0 Å². The number of hydrogen-bond donors (Lipinski definition) is 0. The molecule has 2 fully saturated rings. The molecule has 2 saturated heterocycles. The Morgan fingerprint density at radius 3 is 2.05 bits per heavy atom. The molecule has 204 valence electrons. The largest absolute Gasteiger partial charge is 0.463 e. The van der Waals surface area contributed by atoms with Crippen molar-refractivity contribution in [3.63, 3.8) is 0 Å². The van der Waals surface area contributed by atoms with E-state index in [1.165, 1.54) is 0 Å². The second-order valence-electron chi connectivity index (χ2n) is 8.19. The maximum absolute atomic E-state index is 13.5. The fraction of sp³-hybridized carbons (Fsp3) is 0.417. The van der Waals surface area contributed by atoms with E-state index in [9.17, 15) is 24.0 Å². The lowest BCUT2D eigenvalue weighted by Gasteiger charge is -2.46. The van der Waals surface area contributed by atoms with Crippen LogP contribution in [0.15, 0.2) is 29.2 Å². The number of halogens is 1. The minimum atomic E-state index is -1.45. The fourth-order valence-electron chi connectivity index (χ4n) is 3.82. The average molecular weight is 586 g/mol. The zero-order valence-corrected chi connectivity index (χ0v) is 23.1. The Kier molecular flexibility index (Phi) is 9.88. The topological polar surface area (TPSA) is 135 Å². The highest BCUT2D eigenvalue weighted by Gasteiger charge is 2.56. The molecule has 2 aliphatic rings. The van der Waals surface area contributed by atoms with Crippen molar-refractivity contribution in [1.29, 1.82) is 0 Å². The second kappa shape index (κ2) is 12.7. The van der Waals surface area contributed by atoms with Crippen LogP contribution in [0.1, 0.15) is 33.3 Å². The summed E-state index contributed by atoms with van der Waals surface area (Å²) in [5.74, 6) is -3.57. The van der Waals surface area contributed by atoms with E-state index in [1.807, 2.05) is 0 Å². The van der Waals surface area contributed by atoms with Crippen molar-refractivity contribution in [2.45, 2.75) is 58.3 Å². The highest BCUT2D eigenvalue weighted by molar-refractivity contribution is 8.26. The molecule has 2 heterocycles. The molecule has 3 rings (SSSR count). The highest BCUT2D eigenvalue weighted by atomic mass is 35.5. The maximum Gasteiger partial charge on any atom is 0.303 e. The van der Waals surface area contributed by atoms with E-state index in [0.29, 0.717) is 10.6 Å². The molecule has 1 aromatic rings. The molecule has 0 N–H and O–H groups in total. The molecule has 0 radical (unpaired) electrons. The Morgan fingerprint density at radius 2 is 1.50 bits per heavy atom. The van der Waals surface area contributed by atoms with Crippen LogP contribution in [0.25, 0.3) is 6.08 Å². The fourth-order valence-corrected chi connectivity index (χ4v) is 5.26. The number of thioether (sulfide) groups is 1. The Hall–Kier alpha value is -3.00. The molecule has 1 aromatic carbocycles. The second-order valence-corrected chi connectivity index (χ2v) is 10.3. The van der Waals surface area contributed by atoms with Gasteiger partial charge in [0.2, 0.25) is 0 Å². The highest BCUT2D eigenvalue weighted by Crippen LogP contribution is 2.39. The van der Waals surface area contributed by atoms with E-state index in [1.54, 1.807) is 30.3 Å². The minimum Gasteiger partial charge on any atom is -0.463 e. The van der Waals surface area contributed by atoms with Gasteiger partial charge in [-0.05, 0) is 23.8 Å². The average Bonchev–Trinajstić information content (AvgIpc) is 3.08. The van der Waals surface area contributed by atoms with Crippen molar-refractivity contribution in [1.82, 2.24) is 4.90 Å². The number of esters is 4. The number of thiocarbonyl (C=S) groups is 1. The summed E-state index contributed by atoms with van der Waals surface area (Å²) in [6.07, 6.45) is -5.26. The normalized spacial score (nSPS) is 26.2. The van der Waals surface area contributed by atoms with Gasteiger partial charge in [0.25, 0.3) is 5.91 Å². The molecule has 14 heteroatoms. The third kappa shape index (κ3) is 7.31. The zero-order valence-electron chi connectivity index (χ0n) is 20.7. The van der Waals surface area contributed by atoms with E-state index < -0.39 is 67.0 Å². The van der Waals surface area contributed by atoms with Crippen molar-refractivity contribution >= 4 is 75.8 Å². The van der Waals surface area contributed by atoms with Crippen LogP contribution in [0.3, 0.4) is 0 Å². The lowest BCUT2D eigenvalue weighted by Crippen LogP contribution is -2.66. The summed E-state index contributed by atoms with van der Waals surface area (Å²) in [6, 6.07) is 6.74. The summed E-state index contributed by atoms with van der Waals surface area (Å²) < 4.78 is 27.4. The molecule has 0 spiro atoms. The Bertz CT molecular complexity index is 1170. The summed E-state index contributed by atoms with van der Waals surface area (Å²) >= 11 is 12.4. The van der Waals surface area contributed by atoms with Crippen molar-refractivity contribution in [3.05, 3.63) is 39.8 Å². The number of nitrogens with zero attached hydrogens (tertiary/aromatic N) is 1. The van der Waals surface area contributed by atoms with Crippen LogP contribution in [0, 0.1) is 0 Å². The van der Waals surface area contributed by atoms with Gasteiger partial charge in [0, 0.05) is 32.7 Å². The summed E-state index contributed by atoms with van der Waals surface area (Å²) in [5, 5.41) is 0.521. The first-order valence-electron chi connectivity index (χ1n) is 11.2. The van der Waals surface area contributed by atoms with Crippen LogP contribution < -0.4 is 0 Å². The van der Waals surface area contributed by atoms with Crippen molar-refractivity contribution in [2.24, 2.45) is 0 Å². The number of amides is 1. The van der Waals surface area contributed by atoms with E-state index in [0.717, 1.165) is 44.4 Å². The molecule has 0 aliphatic carbocycles. The lowest BCUT2D eigenvalue weighted by molar-refractivity contribution is -0.268. The molecule has 0 bridgehead atoms. The predicted octanol–water partition coefficient (Wildman–Crippen LogP) is 2.62. The van der Waals surface area contributed by atoms with Crippen LogP contribution in [0.5, 0.6) is 0 Å². The van der Waals surface area contributed by atoms with Crippen LogP contribution in [-0.2, 0) is 47.7 Å². The van der Waals surface area contributed by atoms with Gasteiger partial charge in [-0.2, -0.15) is 0 Å². The molecule has 1 amide bonds. The molecular weight excluding hydrogens is 562 g/mol. The summed E-state index contributed by atoms with van der Waals surface area (Å²) in [5.41, 5.74) is 0.677. The number of ether oxygens (including phenoxy) is 5. The first-order chi connectivity index (χ1) is 17.9. The van der Waals surface area contributed by atoms with Gasteiger partial charge in [0.05, 0.1) is 4.91 Å². The first kappa shape index (κ1) is 29.6. The Labute approximate surface area is 232 Å². The van der Waals surface area contributed by atoms with Gasteiger partial charge in [0.15, 0.2) is 28.9 Å². The predicted molar refractivity (Wildman–Crippen MR) is 138 cm³/mol. The van der Waals surface area contributed by atoms with E-state index in [-0.39, 0.29) is 9.23 Å². The molecule has 0 saturated carbocycles. The van der Waals surface area contributed by atoms with Crippen LogP contribution >= 0.6 is 35.6 Å². The molecule has 38 heavy (non-hydrogen) atoms. The molecule has 0 unspecified atom stereocenters. The monoisotopic (exact) mass is 585 g/mol. The minimum absolute atomic E-state index is 0.0658. The number of hydrogen-bond acceptors (Lipinski definition) is 12. The van der Waals surface area contributed by atoms with Gasteiger partial charge in [-0.15, -0.1) is 0 Å². The van der Waals surface area contributed by atoms with Gasteiger partial charge in [-0.1, -0.05) is 47.7 Å². The summed E-state index contributed by atoms with van der Waals surface area (Å²) in [4.78, 5) is 62.3. The van der Waals surface area contributed by atoms with Gasteiger partial charge in [-0.3, -0.25) is 28.9 Å². The molecule has 2 aliphatic heterocycles.